The summed E-state index contributed by atoms with van der Waals surface area (Å²) in [5, 5.41) is 5.01. The molecule has 0 fully saturated rings. The van der Waals surface area contributed by atoms with Crippen LogP contribution in [-0.2, 0) is 4.79 Å². The number of carbonyl (C=O) groups excluding carboxylic acids is 1. The zero-order valence-electron chi connectivity index (χ0n) is 16.3. The minimum absolute atomic E-state index is 0.0598. The molecule has 4 aromatic rings. The molecule has 2 aromatic carbocycles. The fourth-order valence-electron chi connectivity index (χ4n) is 3.16. The lowest BCUT2D eigenvalue weighted by molar-refractivity contribution is -0.113. The van der Waals surface area contributed by atoms with Crippen molar-refractivity contribution in [2.75, 3.05) is 11.1 Å². The molecule has 0 unspecified atom stereocenters. The van der Waals surface area contributed by atoms with Gasteiger partial charge in [0.25, 0.3) is 5.56 Å². The summed E-state index contributed by atoms with van der Waals surface area (Å²) in [6.45, 7) is 3.95. The van der Waals surface area contributed by atoms with Gasteiger partial charge in [0, 0.05) is 5.69 Å². The van der Waals surface area contributed by atoms with Gasteiger partial charge in [0.2, 0.25) is 5.91 Å². The van der Waals surface area contributed by atoms with Crippen molar-refractivity contribution in [3.05, 3.63) is 81.2 Å². The molecule has 0 aliphatic carbocycles. The molecule has 0 aliphatic rings. The normalized spacial score (nSPS) is 11.0. The molecular formula is C22H18FN3O2S2. The van der Waals surface area contributed by atoms with E-state index in [-0.39, 0.29) is 23.0 Å². The number of thioether (sulfide) groups is 1. The van der Waals surface area contributed by atoms with Gasteiger partial charge in [-0.15, -0.1) is 11.3 Å². The second kappa shape index (κ2) is 8.41. The third-order valence-corrected chi connectivity index (χ3v) is 6.20. The lowest BCUT2D eigenvalue weighted by Gasteiger charge is -2.13. The second-order valence-corrected chi connectivity index (χ2v) is 8.72. The molecule has 0 aliphatic heterocycles. The molecule has 4 rings (SSSR count). The molecule has 2 aromatic heterocycles. The van der Waals surface area contributed by atoms with Gasteiger partial charge in [-0.1, -0.05) is 17.8 Å². The molecule has 5 nitrogen and oxygen atoms in total. The maximum absolute atomic E-state index is 13.2. The van der Waals surface area contributed by atoms with Crippen LogP contribution in [0.3, 0.4) is 0 Å². The summed E-state index contributed by atoms with van der Waals surface area (Å²) in [5.74, 6) is -0.573. The van der Waals surface area contributed by atoms with Crippen molar-refractivity contribution in [2.24, 2.45) is 0 Å². The number of rotatable bonds is 5. The summed E-state index contributed by atoms with van der Waals surface area (Å²) in [6.07, 6.45) is 0. The number of hydrogen-bond acceptors (Lipinski definition) is 5. The Hall–Kier alpha value is -2.97. The number of anilines is 1. The molecule has 8 heteroatoms. The molecule has 0 radical (unpaired) electrons. The van der Waals surface area contributed by atoms with Crippen molar-refractivity contribution in [1.29, 1.82) is 0 Å². The Bertz CT molecular complexity index is 1280. The lowest BCUT2D eigenvalue weighted by atomic mass is 10.1. The largest absolute Gasteiger partial charge is 0.325 e. The molecule has 0 bridgehead atoms. The van der Waals surface area contributed by atoms with Crippen LogP contribution in [0.25, 0.3) is 15.9 Å². The first-order chi connectivity index (χ1) is 14.4. The fourth-order valence-corrected chi connectivity index (χ4v) is 4.73. The minimum Gasteiger partial charge on any atom is -0.325 e. The van der Waals surface area contributed by atoms with E-state index in [4.69, 9.17) is 0 Å². The summed E-state index contributed by atoms with van der Waals surface area (Å²) in [7, 11) is 0. The summed E-state index contributed by atoms with van der Waals surface area (Å²) >= 11 is 2.54. The smallest absolute Gasteiger partial charge is 0.276 e. The molecule has 1 N–H and O–H groups in total. The summed E-state index contributed by atoms with van der Waals surface area (Å²) in [6, 6.07) is 13.3. The van der Waals surface area contributed by atoms with Crippen LogP contribution in [0.15, 0.2) is 63.9 Å². The van der Waals surface area contributed by atoms with Gasteiger partial charge < -0.3 is 5.32 Å². The van der Waals surface area contributed by atoms with E-state index in [1.165, 1.54) is 47.4 Å². The number of thiophene rings is 1. The Labute approximate surface area is 180 Å². The number of aromatic nitrogens is 2. The predicted octanol–water partition coefficient (Wildman–Crippen LogP) is 4.93. The van der Waals surface area contributed by atoms with Crippen molar-refractivity contribution >= 4 is 44.9 Å². The zero-order valence-corrected chi connectivity index (χ0v) is 17.9. The van der Waals surface area contributed by atoms with E-state index in [9.17, 15) is 14.0 Å². The molecule has 0 atom stereocenters. The van der Waals surface area contributed by atoms with Gasteiger partial charge in [0.15, 0.2) is 5.16 Å². The highest BCUT2D eigenvalue weighted by molar-refractivity contribution is 7.99. The molecule has 152 valence electrons. The van der Waals surface area contributed by atoms with Gasteiger partial charge in [0.05, 0.1) is 17.0 Å². The van der Waals surface area contributed by atoms with E-state index in [1.807, 2.05) is 37.4 Å². The van der Waals surface area contributed by atoms with Crippen molar-refractivity contribution in [3.8, 4) is 5.69 Å². The number of benzene rings is 2. The van der Waals surface area contributed by atoms with Gasteiger partial charge in [-0.3, -0.25) is 14.2 Å². The Morgan fingerprint density at radius 1 is 1.13 bits per heavy atom. The van der Waals surface area contributed by atoms with Crippen molar-refractivity contribution in [1.82, 2.24) is 9.55 Å². The van der Waals surface area contributed by atoms with Crippen LogP contribution in [0.2, 0.25) is 0 Å². The topological polar surface area (TPSA) is 64.0 Å². The van der Waals surface area contributed by atoms with Crippen LogP contribution in [-0.4, -0.2) is 21.2 Å². The first-order valence-electron chi connectivity index (χ1n) is 9.18. The maximum Gasteiger partial charge on any atom is 0.276 e. The first kappa shape index (κ1) is 20.3. The molecule has 1 amide bonds. The Kier molecular flexibility index (Phi) is 5.69. The Balaban J connectivity index is 1.66. The SMILES string of the molecule is Cc1cc(C)cc(-n2c(SCC(=O)Nc3ccc(F)cc3)nc3ccsc3c2=O)c1. The fraction of sp³-hybridized carbons (Fsp3) is 0.136. The zero-order chi connectivity index (χ0) is 21.3. The molecule has 0 saturated heterocycles. The number of carbonyl (C=O) groups is 1. The molecule has 2 heterocycles. The van der Waals surface area contributed by atoms with E-state index >= 15 is 0 Å². The van der Waals surface area contributed by atoms with Gasteiger partial charge in [-0.2, -0.15) is 0 Å². The average Bonchev–Trinajstić information content (AvgIpc) is 3.16. The monoisotopic (exact) mass is 439 g/mol. The minimum atomic E-state index is -0.367. The van der Waals surface area contributed by atoms with Gasteiger partial charge in [-0.25, -0.2) is 9.37 Å². The molecule has 0 saturated carbocycles. The number of fused-ring (bicyclic) bond motifs is 1. The quantitative estimate of drug-likeness (QED) is 0.354. The van der Waals surface area contributed by atoms with E-state index < -0.39 is 0 Å². The number of aryl methyl sites for hydroxylation is 2. The molecule has 30 heavy (non-hydrogen) atoms. The number of nitrogens with one attached hydrogen (secondary N) is 1. The van der Waals surface area contributed by atoms with Crippen LogP contribution in [0.4, 0.5) is 10.1 Å². The van der Waals surface area contributed by atoms with Crippen molar-refractivity contribution in [2.45, 2.75) is 19.0 Å². The predicted molar refractivity (Wildman–Crippen MR) is 120 cm³/mol. The third-order valence-electron chi connectivity index (χ3n) is 4.37. The average molecular weight is 440 g/mol. The number of halogens is 1. The van der Waals surface area contributed by atoms with Gasteiger partial charge in [0.1, 0.15) is 10.5 Å². The van der Waals surface area contributed by atoms with Crippen LogP contribution >= 0.6 is 23.1 Å². The molecule has 0 spiro atoms. The standard InChI is InChI=1S/C22H18FN3O2S2/c1-13-9-14(2)11-17(10-13)26-21(28)20-18(7-8-29-20)25-22(26)30-12-19(27)24-16-5-3-15(23)4-6-16/h3-11H,12H2,1-2H3,(H,24,27). The lowest BCUT2D eigenvalue weighted by Crippen LogP contribution is -2.22. The highest BCUT2D eigenvalue weighted by Gasteiger charge is 2.16. The van der Waals surface area contributed by atoms with E-state index in [1.54, 1.807) is 10.6 Å². The highest BCUT2D eigenvalue weighted by Crippen LogP contribution is 2.25. The summed E-state index contributed by atoms with van der Waals surface area (Å²) < 4.78 is 15.2. The van der Waals surface area contributed by atoms with E-state index in [2.05, 4.69) is 10.3 Å². The van der Waals surface area contributed by atoms with Crippen LogP contribution in [0, 0.1) is 19.7 Å². The van der Waals surface area contributed by atoms with Crippen LogP contribution in [0.5, 0.6) is 0 Å². The van der Waals surface area contributed by atoms with Crippen molar-refractivity contribution < 1.29 is 9.18 Å². The third kappa shape index (κ3) is 4.29. The van der Waals surface area contributed by atoms with Crippen LogP contribution in [0.1, 0.15) is 11.1 Å². The number of amides is 1. The number of hydrogen-bond donors (Lipinski definition) is 1. The van der Waals surface area contributed by atoms with E-state index in [0.717, 1.165) is 16.8 Å². The van der Waals surface area contributed by atoms with E-state index in [0.29, 0.717) is 21.1 Å². The second-order valence-electron chi connectivity index (χ2n) is 6.86. The first-order valence-corrected chi connectivity index (χ1v) is 11.0. The highest BCUT2D eigenvalue weighted by atomic mass is 32.2. The maximum atomic E-state index is 13.2. The summed E-state index contributed by atoms with van der Waals surface area (Å²) in [5.41, 5.74) is 3.77. The van der Waals surface area contributed by atoms with Crippen LogP contribution < -0.4 is 10.9 Å². The van der Waals surface area contributed by atoms with Gasteiger partial charge in [-0.05, 0) is 72.8 Å². The number of nitrogens with zero attached hydrogens (tertiary/aromatic N) is 2. The summed E-state index contributed by atoms with van der Waals surface area (Å²) in [4.78, 5) is 30.2. The van der Waals surface area contributed by atoms with Gasteiger partial charge >= 0.3 is 0 Å². The Morgan fingerprint density at radius 3 is 2.53 bits per heavy atom. The Morgan fingerprint density at radius 2 is 1.83 bits per heavy atom. The molecular weight excluding hydrogens is 421 g/mol. The van der Waals surface area contributed by atoms with Crippen molar-refractivity contribution in [3.63, 3.8) is 0 Å².